The van der Waals surface area contributed by atoms with E-state index in [1.165, 1.54) is 4.90 Å². The number of anilines is 1. The van der Waals surface area contributed by atoms with Crippen LogP contribution in [0, 0.1) is 0 Å². The van der Waals surface area contributed by atoms with Crippen molar-refractivity contribution in [2.24, 2.45) is 0 Å². The molecule has 3 aromatic carbocycles. The zero-order valence-corrected chi connectivity index (χ0v) is 18.1. The molecule has 0 saturated carbocycles. The molecule has 1 fully saturated rings. The topological polar surface area (TPSA) is 88.1 Å². The van der Waals surface area contributed by atoms with Gasteiger partial charge in [0.25, 0.3) is 0 Å². The SMILES string of the molecule is O=C(Nc1ccc(Oc2ccccc2)cc1)C(=O)N1CCOCC1CC(O)c1ccccc1. The van der Waals surface area contributed by atoms with E-state index in [-0.39, 0.29) is 13.0 Å². The summed E-state index contributed by atoms with van der Waals surface area (Å²) < 4.78 is 11.3. The summed E-state index contributed by atoms with van der Waals surface area (Å²) >= 11 is 0. The van der Waals surface area contributed by atoms with Gasteiger partial charge >= 0.3 is 11.8 Å². The second-order valence-electron chi connectivity index (χ2n) is 7.78. The van der Waals surface area contributed by atoms with E-state index in [1.54, 1.807) is 24.3 Å². The summed E-state index contributed by atoms with van der Waals surface area (Å²) in [5.74, 6) is -0.0461. The van der Waals surface area contributed by atoms with E-state index in [9.17, 15) is 14.7 Å². The number of nitrogens with zero attached hydrogens (tertiary/aromatic N) is 1. The first-order valence-electron chi connectivity index (χ1n) is 10.9. The lowest BCUT2D eigenvalue weighted by Gasteiger charge is -2.36. The molecule has 33 heavy (non-hydrogen) atoms. The van der Waals surface area contributed by atoms with E-state index in [4.69, 9.17) is 9.47 Å². The van der Waals surface area contributed by atoms with Crippen LogP contribution in [0.3, 0.4) is 0 Å². The van der Waals surface area contributed by atoms with Gasteiger partial charge in [0.1, 0.15) is 11.5 Å². The molecule has 0 aliphatic carbocycles. The zero-order valence-electron chi connectivity index (χ0n) is 18.1. The van der Waals surface area contributed by atoms with Crippen LogP contribution in [-0.2, 0) is 14.3 Å². The van der Waals surface area contributed by atoms with Gasteiger partial charge in [0.05, 0.1) is 25.4 Å². The number of morpholine rings is 1. The monoisotopic (exact) mass is 446 g/mol. The Kier molecular flexibility index (Phi) is 7.34. The number of aliphatic hydroxyl groups excluding tert-OH is 1. The maximum absolute atomic E-state index is 12.9. The van der Waals surface area contributed by atoms with Gasteiger partial charge in [-0.3, -0.25) is 9.59 Å². The number of benzene rings is 3. The van der Waals surface area contributed by atoms with E-state index in [0.717, 1.165) is 5.56 Å². The Morgan fingerprint density at radius 3 is 2.30 bits per heavy atom. The zero-order chi connectivity index (χ0) is 23.0. The van der Waals surface area contributed by atoms with Gasteiger partial charge in [-0.2, -0.15) is 0 Å². The molecule has 0 aromatic heterocycles. The van der Waals surface area contributed by atoms with Crippen LogP contribution in [0.5, 0.6) is 11.5 Å². The molecule has 2 N–H and O–H groups in total. The molecule has 4 rings (SSSR count). The first kappa shape index (κ1) is 22.5. The number of carbonyl (C=O) groups is 2. The number of nitrogens with one attached hydrogen (secondary N) is 1. The molecule has 7 nitrogen and oxygen atoms in total. The minimum Gasteiger partial charge on any atom is -0.457 e. The van der Waals surface area contributed by atoms with E-state index in [0.29, 0.717) is 30.3 Å². The third-order valence-corrected chi connectivity index (χ3v) is 5.45. The summed E-state index contributed by atoms with van der Waals surface area (Å²) in [7, 11) is 0. The van der Waals surface area contributed by atoms with Gasteiger partial charge in [-0.1, -0.05) is 48.5 Å². The van der Waals surface area contributed by atoms with Crippen LogP contribution in [0.2, 0.25) is 0 Å². The number of rotatable bonds is 6. The summed E-state index contributed by atoms with van der Waals surface area (Å²) in [6, 6.07) is 25.0. The highest BCUT2D eigenvalue weighted by Gasteiger charge is 2.33. The van der Waals surface area contributed by atoms with Crippen molar-refractivity contribution in [1.29, 1.82) is 0 Å². The standard InChI is InChI=1S/C26H26N2O5/c29-24(19-7-3-1-4-8-19)17-21-18-32-16-15-28(21)26(31)25(30)27-20-11-13-23(14-12-20)33-22-9-5-2-6-10-22/h1-14,21,24,29H,15-18H2,(H,27,30). The Hall–Kier alpha value is -3.68. The third kappa shape index (κ3) is 5.97. The molecule has 1 aliphatic rings. The lowest BCUT2D eigenvalue weighted by atomic mass is 10.0. The summed E-state index contributed by atoms with van der Waals surface area (Å²) in [6.07, 6.45) is -0.470. The van der Waals surface area contributed by atoms with Gasteiger partial charge < -0.3 is 24.8 Å². The summed E-state index contributed by atoms with van der Waals surface area (Å²) in [5.41, 5.74) is 1.25. The van der Waals surface area contributed by atoms with Crippen LogP contribution in [0.4, 0.5) is 5.69 Å². The molecule has 2 atom stereocenters. The quantitative estimate of drug-likeness (QED) is 0.563. The molecular formula is C26H26N2O5. The van der Waals surface area contributed by atoms with Crippen molar-refractivity contribution in [3.05, 3.63) is 90.5 Å². The summed E-state index contributed by atoms with van der Waals surface area (Å²) in [4.78, 5) is 27.0. The highest BCUT2D eigenvalue weighted by Crippen LogP contribution is 2.24. The second kappa shape index (κ2) is 10.8. The molecule has 1 heterocycles. The average Bonchev–Trinajstić information content (AvgIpc) is 2.86. The fourth-order valence-electron chi connectivity index (χ4n) is 3.73. The van der Waals surface area contributed by atoms with Gasteiger partial charge in [0.15, 0.2) is 0 Å². The highest BCUT2D eigenvalue weighted by molar-refractivity contribution is 6.39. The van der Waals surface area contributed by atoms with Crippen molar-refractivity contribution in [2.45, 2.75) is 18.6 Å². The number of aliphatic hydroxyl groups is 1. The van der Waals surface area contributed by atoms with E-state index >= 15 is 0 Å². The van der Waals surface area contributed by atoms with Gasteiger partial charge in [-0.25, -0.2) is 0 Å². The minimum absolute atomic E-state index is 0.272. The molecule has 170 valence electrons. The minimum atomic E-state index is -0.756. The molecule has 3 aromatic rings. The molecule has 2 unspecified atom stereocenters. The van der Waals surface area contributed by atoms with Gasteiger partial charge in [-0.15, -0.1) is 0 Å². The number of amides is 2. The smallest absolute Gasteiger partial charge is 0.313 e. The van der Waals surface area contributed by atoms with Crippen molar-refractivity contribution in [3.8, 4) is 11.5 Å². The Morgan fingerprint density at radius 1 is 0.970 bits per heavy atom. The van der Waals surface area contributed by atoms with Crippen LogP contribution >= 0.6 is 0 Å². The molecule has 2 amide bonds. The van der Waals surface area contributed by atoms with Crippen molar-refractivity contribution < 1.29 is 24.2 Å². The van der Waals surface area contributed by atoms with Crippen LogP contribution < -0.4 is 10.1 Å². The number of hydrogen-bond acceptors (Lipinski definition) is 5. The maximum Gasteiger partial charge on any atom is 0.313 e. The van der Waals surface area contributed by atoms with Crippen LogP contribution in [0.15, 0.2) is 84.9 Å². The second-order valence-corrected chi connectivity index (χ2v) is 7.78. The van der Waals surface area contributed by atoms with E-state index in [1.807, 2.05) is 60.7 Å². The Labute approximate surface area is 192 Å². The molecule has 0 spiro atoms. The average molecular weight is 447 g/mol. The van der Waals surface area contributed by atoms with Gasteiger partial charge in [-0.05, 0) is 42.0 Å². The number of ether oxygens (including phenoxy) is 2. The summed E-state index contributed by atoms with van der Waals surface area (Å²) in [6.45, 7) is 0.916. The molecular weight excluding hydrogens is 420 g/mol. The molecule has 1 aliphatic heterocycles. The molecule has 0 bridgehead atoms. The first-order valence-corrected chi connectivity index (χ1v) is 10.9. The van der Waals surface area contributed by atoms with Gasteiger partial charge in [0, 0.05) is 18.7 Å². The van der Waals surface area contributed by atoms with Crippen LogP contribution in [0.1, 0.15) is 18.1 Å². The Morgan fingerprint density at radius 2 is 1.61 bits per heavy atom. The number of para-hydroxylation sites is 1. The van der Waals surface area contributed by atoms with E-state index in [2.05, 4.69) is 5.32 Å². The Balaban J connectivity index is 1.36. The third-order valence-electron chi connectivity index (χ3n) is 5.45. The van der Waals surface area contributed by atoms with Crippen molar-refractivity contribution in [3.63, 3.8) is 0 Å². The summed E-state index contributed by atoms with van der Waals surface area (Å²) in [5, 5.41) is 13.2. The van der Waals surface area contributed by atoms with E-state index < -0.39 is 24.0 Å². The fraction of sp³-hybridized carbons (Fsp3) is 0.231. The fourth-order valence-corrected chi connectivity index (χ4v) is 3.73. The maximum atomic E-state index is 12.9. The normalized spacial score (nSPS) is 16.6. The predicted molar refractivity (Wildman–Crippen MR) is 124 cm³/mol. The Bertz CT molecular complexity index is 1060. The van der Waals surface area contributed by atoms with Crippen LogP contribution in [-0.4, -0.2) is 47.6 Å². The molecule has 0 radical (unpaired) electrons. The lowest BCUT2D eigenvalue weighted by molar-refractivity contribution is -0.150. The number of hydrogen-bond donors (Lipinski definition) is 2. The van der Waals surface area contributed by atoms with Crippen molar-refractivity contribution in [2.75, 3.05) is 25.1 Å². The predicted octanol–water partition coefficient (Wildman–Crippen LogP) is 3.77. The first-order chi connectivity index (χ1) is 16.1. The molecule has 7 heteroatoms. The van der Waals surface area contributed by atoms with Crippen LogP contribution in [0.25, 0.3) is 0 Å². The van der Waals surface area contributed by atoms with Crippen molar-refractivity contribution >= 4 is 17.5 Å². The highest BCUT2D eigenvalue weighted by atomic mass is 16.5. The van der Waals surface area contributed by atoms with Gasteiger partial charge in [0.2, 0.25) is 0 Å². The largest absolute Gasteiger partial charge is 0.457 e. The lowest BCUT2D eigenvalue weighted by Crippen LogP contribution is -2.52. The molecule has 1 saturated heterocycles. The number of carbonyl (C=O) groups excluding carboxylic acids is 2. The van der Waals surface area contributed by atoms with Crippen molar-refractivity contribution in [1.82, 2.24) is 4.90 Å².